The third kappa shape index (κ3) is 3.37. The highest BCUT2D eigenvalue weighted by atomic mass is 19.1. The maximum absolute atomic E-state index is 13.7. The number of allylic oxidation sites excluding steroid dienone is 2. The third-order valence-corrected chi connectivity index (χ3v) is 5.99. The van der Waals surface area contributed by atoms with E-state index in [4.69, 9.17) is 0 Å². The van der Waals surface area contributed by atoms with Gasteiger partial charge < -0.3 is 5.32 Å². The van der Waals surface area contributed by atoms with E-state index in [0.29, 0.717) is 5.82 Å². The van der Waals surface area contributed by atoms with Gasteiger partial charge in [0.1, 0.15) is 17.5 Å². The van der Waals surface area contributed by atoms with Crippen LogP contribution < -0.4 is 5.32 Å². The Hall–Kier alpha value is -2.23. The van der Waals surface area contributed by atoms with E-state index in [-0.39, 0.29) is 12.1 Å². The predicted octanol–water partition coefficient (Wildman–Crippen LogP) is 5.96. The minimum absolute atomic E-state index is 0.0384. The zero-order chi connectivity index (χ0) is 18.1. The van der Waals surface area contributed by atoms with Crippen LogP contribution in [0.3, 0.4) is 0 Å². The van der Waals surface area contributed by atoms with Crippen LogP contribution in [0, 0.1) is 23.5 Å². The first kappa shape index (κ1) is 17.2. The van der Waals surface area contributed by atoms with Gasteiger partial charge in [-0.1, -0.05) is 18.1 Å². The molecule has 0 spiro atoms. The van der Waals surface area contributed by atoms with Crippen molar-refractivity contribution in [1.29, 1.82) is 0 Å². The molecule has 1 aromatic heterocycles. The summed E-state index contributed by atoms with van der Waals surface area (Å²) < 4.78 is 27.4. The maximum atomic E-state index is 13.7. The number of rotatable bonds is 4. The lowest BCUT2D eigenvalue weighted by Crippen LogP contribution is -2.15. The molecule has 1 N–H and O–H groups in total. The van der Waals surface area contributed by atoms with Crippen molar-refractivity contribution in [3.8, 4) is 0 Å². The van der Waals surface area contributed by atoms with Gasteiger partial charge in [0.25, 0.3) is 0 Å². The van der Waals surface area contributed by atoms with E-state index in [1.165, 1.54) is 60.6 Å². The Morgan fingerprint density at radius 3 is 2.46 bits per heavy atom. The van der Waals surface area contributed by atoms with Crippen molar-refractivity contribution in [3.05, 3.63) is 64.9 Å². The SMILES string of the molecule is CC1=C(c2ccc(NCc3c(F)cccc3F)nc2)CC2CCCC2C1. The van der Waals surface area contributed by atoms with Gasteiger partial charge in [-0.15, -0.1) is 0 Å². The maximum Gasteiger partial charge on any atom is 0.131 e. The standard InChI is InChI=1S/C22H24F2N2/c1-14-10-15-4-2-5-16(15)11-18(14)17-8-9-22(25-12-17)26-13-19-20(23)6-3-7-21(19)24/h3,6-9,12,15-16H,2,4-5,10-11,13H2,1H3,(H,25,26). The summed E-state index contributed by atoms with van der Waals surface area (Å²) in [6, 6.07) is 7.88. The molecule has 0 amide bonds. The number of hydrogen-bond acceptors (Lipinski definition) is 2. The molecule has 1 fully saturated rings. The van der Waals surface area contributed by atoms with Crippen LogP contribution in [0.2, 0.25) is 0 Å². The molecular weight excluding hydrogens is 330 g/mol. The highest BCUT2D eigenvalue weighted by molar-refractivity contribution is 5.69. The smallest absolute Gasteiger partial charge is 0.131 e. The summed E-state index contributed by atoms with van der Waals surface area (Å²) in [5, 5.41) is 3.01. The van der Waals surface area contributed by atoms with Gasteiger partial charge in [0.05, 0.1) is 0 Å². The van der Waals surface area contributed by atoms with Gasteiger partial charge in [0.2, 0.25) is 0 Å². The summed E-state index contributed by atoms with van der Waals surface area (Å²) in [4.78, 5) is 4.46. The average Bonchev–Trinajstić information content (AvgIpc) is 3.08. The molecule has 1 aromatic carbocycles. The second-order valence-corrected chi connectivity index (χ2v) is 7.60. The van der Waals surface area contributed by atoms with Crippen LogP contribution in [0.5, 0.6) is 0 Å². The predicted molar refractivity (Wildman–Crippen MR) is 101 cm³/mol. The van der Waals surface area contributed by atoms with E-state index in [1.807, 2.05) is 12.3 Å². The number of pyridine rings is 1. The Morgan fingerprint density at radius 1 is 1.04 bits per heavy atom. The van der Waals surface area contributed by atoms with Crippen molar-refractivity contribution in [2.45, 2.75) is 45.6 Å². The van der Waals surface area contributed by atoms with Crippen LogP contribution in [-0.2, 0) is 6.54 Å². The van der Waals surface area contributed by atoms with Crippen LogP contribution in [0.1, 0.15) is 50.2 Å². The Balaban J connectivity index is 1.46. The Labute approximate surface area is 153 Å². The number of aromatic nitrogens is 1. The van der Waals surface area contributed by atoms with Crippen molar-refractivity contribution < 1.29 is 8.78 Å². The molecule has 0 bridgehead atoms. The van der Waals surface area contributed by atoms with Crippen LogP contribution in [0.15, 0.2) is 42.1 Å². The van der Waals surface area contributed by atoms with E-state index >= 15 is 0 Å². The molecule has 2 unspecified atom stereocenters. The van der Waals surface area contributed by atoms with Gasteiger partial charge in [-0.2, -0.15) is 0 Å². The number of nitrogens with zero attached hydrogens (tertiary/aromatic N) is 1. The fraction of sp³-hybridized carbons (Fsp3) is 0.409. The lowest BCUT2D eigenvalue weighted by molar-refractivity contribution is 0.376. The second kappa shape index (κ2) is 7.18. The molecule has 1 heterocycles. The van der Waals surface area contributed by atoms with Gasteiger partial charge in [-0.3, -0.25) is 0 Å². The van der Waals surface area contributed by atoms with Crippen LogP contribution in [-0.4, -0.2) is 4.98 Å². The fourth-order valence-corrected chi connectivity index (χ4v) is 4.53. The van der Waals surface area contributed by atoms with E-state index < -0.39 is 11.6 Å². The molecule has 1 saturated carbocycles. The normalized spacial score (nSPS) is 22.4. The van der Waals surface area contributed by atoms with E-state index in [1.54, 1.807) is 0 Å². The summed E-state index contributed by atoms with van der Waals surface area (Å²) in [7, 11) is 0. The topological polar surface area (TPSA) is 24.9 Å². The third-order valence-electron chi connectivity index (χ3n) is 5.99. The Bertz CT molecular complexity index is 806. The summed E-state index contributed by atoms with van der Waals surface area (Å²) in [6.07, 6.45) is 8.35. The number of benzene rings is 1. The van der Waals surface area contributed by atoms with Crippen molar-refractivity contribution in [2.24, 2.45) is 11.8 Å². The summed E-state index contributed by atoms with van der Waals surface area (Å²) in [5.41, 5.74) is 4.14. The van der Waals surface area contributed by atoms with Crippen molar-refractivity contribution in [2.75, 3.05) is 5.32 Å². The number of anilines is 1. The zero-order valence-electron chi connectivity index (χ0n) is 15.1. The summed E-state index contributed by atoms with van der Waals surface area (Å²) >= 11 is 0. The first-order chi connectivity index (χ1) is 12.6. The lowest BCUT2D eigenvalue weighted by Gasteiger charge is -2.29. The zero-order valence-corrected chi connectivity index (χ0v) is 15.1. The van der Waals surface area contributed by atoms with Crippen LogP contribution in [0.4, 0.5) is 14.6 Å². The molecule has 2 aliphatic carbocycles. The Morgan fingerprint density at radius 2 is 1.77 bits per heavy atom. The van der Waals surface area contributed by atoms with Crippen molar-refractivity contribution >= 4 is 11.4 Å². The minimum atomic E-state index is -0.539. The van der Waals surface area contributed by atoms with Gasteiger partial charge in [-0.25, -0.2) is 13.8 Å². The number of hydrogen-bond donors (Lipinski definition) is 1. The van der Waals surface area contributed by atoms with Gasteiger partial charge in [-0.05, 0) is 79.8 Å². The molecule has 4 rings (SSSR count). The largest absolute Gasteiger partial charge is 0.366 e. The Kier molecular flexibility index (Phi) is 4.75. The number of halogens is 2. The van der Waals surface area contributed by atoms with E-state index in [9.17, 15) is 8.78 Å². The molecule has 2 atom stereocenters. The molecule has 0 saturated heterocycles. The number of fused-ring (bicyclic) bond motifs is 1. The quantitative estimate of drug-likeness (QED) is 0.733. The first-order valence-electron chi connectivity index (χ1n) is 9.43. The molecule has 136 valence electrons. The van der Waals surface area contributed by atoms with Gasteiger partial charge in [0.15, 0.2) is 0 Å². The highest BCUT2D eigenvalue weighted by Gasteiger charge is 2.32. The lowest BCUT2D eigenvalue weighted by atomic mass is 9.76. The van der Waals surface area contributed by atoms with E-state index in [2.05, 4.69) is 23.3 Å². The van der Waals surface area contributed by atoms with Gasteiger partial charge in [0, 0.05) is 18.3 Å². The highest BCUT2D eigenvalue weighted by Crippen LogP contribution is 2.46. The number of nitrogens with one attached hydrogen (secondary N) is 1. The van der Waals surface area contributed by atoms with E-state index in [0.717, 1.165) is 18.3 Å². The molecule has 2 aliphatic rings. The molecule has 0 radical (unpaired) electrons. The molecule has 26 heavy (non-hydrogen) atoms. The summed E-state index contributed by atoms with van der Waals surface area (Å²) in [5.74, 6) is 1.26. The molecular formula is C22H24F2N2. The second-order valence-electron chi connectivity index (χ2n) is 7.60. The van der Waals surface area contributed by atoms with Crippen LogP contribution >= 0.6 is 0 Å². The molecule has 2 nitrogen and oxygen atoms in total. The minimum Gasteiger partial charge on any atom is -0.366 e. The monoisotopic (exact) mass is 354 g/mol. The van der Waals surface area contributed by atoms with Crippen LogP contribution in [0.25, 0.3) is 5.57 Å². The average molecular weight is 354 g/mol. The first-order valence-corrected chi connectivity index (χ1v) is 9.43. The molecule has 0 aliphatic heterocycles. The summed E-state index contributed by atoms with van der Waals surface area (Å²) in [6.45, 7) is 2.33. The fourth-order valence-electron chi connectivity index (χ4n) is 4.53. The van der Waals surface area contributed by atoms with Crippen molar-refractivity contribution in [3.63, 3.8) is 0 Å². The van der Waals surface area contributed by atoms with Gasteiger partial charge >= 0.3 is 0 Å². The molecule has 2 aromatic rings. The van der Waals surface area contributed by atoms with Crippen molar-refractivity contribution in [1.82, 2.24) is 4.98 Å². The molecule has 4 heteroatoms.